The quantitative estimate of drug-likeness (QED) is 0.927. The summed E-state index contributed by atoms with van der Waals surface area (Å²) in [5.41, 5.74) is 0.997. The van der Waals surface area contributed by atoms with Gasteiger partial charge in [-0.05, 0) is 40.5 Å². The largest absolute Gasteiger partial charge is 0.497 e. The summed E-state index contributed by atoms with van der Waals surface area (Å²) in [4.78, 5) is 16.6. The summed E-state index contributed by atoms with van der Waals surface area (Å²) >= 11 is 4.55. The van der Waals surface area contributed by atoms with Gasteiger partial charge in [0.25, 0.3) is 5.91 Å². The highest BCUT2D eigenvalue weighted by Gasteiger charge is 2.14. The summed E-state index contributed by atoms with van der Waals surface area (Å²) in [5.74, 6) is 0.651. The predicted molar refractivity (Wildman–Crippen MR) is 78.7 cm³/mol. The van der Waals surface area contributed by atoms with E-state index in [0.717, 1.165) is 11.3 Å². The summed E-state index contributed by atoms with van der Waals surface area (Å²) in [6.45, 7) is 1.93. The molecule has 6 heteroatoms. The van der Waals surface area contributed by atoms with Gasteiger partial charge in [0, 0.05) is 0 Å². The van der Waals surface area contributed by atoms with Crippen LogP contribution in [0.25, 0.3) is 0 Å². The van der Waals surface area contributed by atoms with Gasteiger partial charge in [-0.1, -0.05) is 12.1 Å². The molecule has 1 atom stereocenters. The molecule has 0 saturated carbocycles. The van der Waals surface area contributed by atoms with Crippen LogP contribution in [-0.4, -0.2) is 18.0 Å². The molecule has 0 saturated heterocycles. The van der Waals surface area contributed by atoms with Gasteiger partial charge in [-0.3, -0.25) is 4.79 Å². The fourth-order valence-electron chi connectivity index (χ4n) is 1.62. The van der Waals surface area contributed by atoms with Crippen LogP contribution < -0.4 is 10.1 Å². The third-order valence-corrected chi connectivity index (χ3v) is 4.12. The lowest BCUT2D eigenvalue weighted by atomic mass is 10.1. The fraction of sp³-hybridized carbons (Fsp3) is 0.231. The first-order valence-electron chi connectivity index (χ1n) is 5.66. The molecule has 0 radical (unpaired) electrons. The van der Waals surface area contributed by atoms with Crippen molar-refractivity contribution in [1.82, 2.24) is 10.3 Å². The maximum absolute atomic E-state index is 12.0. The van der Waals surface area contributed by atoms with E-state index in [1.165, 1.54) is 11.3 Å². The van der Waals surface area contributed by atoms with E-state index in [2.05, 4.69) is 26.2 Å². The Labute approximate surface area is 124 Å². The van der Waals surface area contributed by atoms with Gasteiger partial charge in [-0.15, -0.1) is 11.3 Å². The minimum absolute atomic E-state index is 0.0940. The van der Waals surface area contributed by atoms with Crippen molar-refractivity contribution in [3.63, 3.8) is 0 Å². The average molecular weight is 341 g/mol. The first-order chi connectivity index (χ1) is 9.10. The zero-order valence-corrected chi connectivity index (χ0v) is 12.9. The molecule has 100 valence electrons. The summed E-state index contributed by atoms with van der Waals surface area (Å²) in [5, 5.41) is 2.93. The molecule has 0 spiro atoms. The Morgan fingerprint density at radius 2 is 2.32 bits per heavy atom. The second-order valence-corrected chi connectivity index (χ2v) is 6.26. The molecule has 2 rings (SSSR count). The number of benzene rings is 1. The van der Waals surface area contributed by atoms with E-state index in [-0.39, 0.29) is 11.9 Å². The zero-order valence-electron chi connectivity index (χ0n) is 10.5. The number of thiazole rings is 1. The highest BCUT2D eigenvalue weighted by atomic mass is 79.9. The number of ether oxygens (including phenoxy) is 1. The fourth-order valence-corrected chi connectivity index (χ4v) is 2.79. The topological polar surface area (TPSA) is 51.2 Å². The van der Waals surface area contributed by atoms with E-state index in [9.17, 15) is 4.79 Å². The van der Waals surface area contributed by atoms with Gasteiger partial charge in [0.15, 0.2) is 3.92 Å². The molecule has 19 heavy (non-hydrogen) atoms. The third kappa shape index (κ3) is 3.54. The van der Waals surface area contributed by atoms with Crippen LogP contribution >= 0.6 is 27.3 Å². The van der Waals surface area contributed by atoms with Gasteiger partial charge in [-0.25, -0.2) is 4.98 Å². The molecule has 0 aliphatic rings. The van der Waals surface area contributed by atoms with Crippen LogP contribution in [0, 0.1) is 0 Å². The van der Waals surface area contributed by atoms with Crippen LogP contribution in [-0.2, 0) is 0 Å². The van der Waals surface area contributed by atoms with Gasteiger partial charge < -0.3 is 10.1 Å². The number of methoxy groups -OCH3 is 1. The van der Waals surface area contributed by atoms with Gasteiger partial charge in [0.1, 0.15) is 10.6 Å². The number of halogens is 1. The first kappa shape index (κ1) is 14.0. The van der Waals surface area contributed by atoms with Crippen LogP contribution in [0.5, 0.6) is 5.75 Å². The standard InChI is InChI=1S/C13H13BrN2O2S/c1-8(9-4-3-5-10(6-9)18-2)16-12(17)11-7-15-13(14)19-11/h3-8H,1-2H3,(H,16,17). The highest BCUT2D eigenvalue weighted by Crippen LogP contribution is 2.21. The van der Waals surface area contributed by atoms with Crippen molar-refractivity contribution in [3.8, 4) is 5.75 Å². The Kier molecular flexibility index (Phi) is 4.55. The third-order valence-electron chi connectivity index (χ3n) is 2.64. The Balaban J connectivity index is 2.08. The van der Waals surface area contributed by atoms with E-state index >= 15 is 0 Å². The highest BCUT2D eigenvalue weighted by molar-refractivity contribution is 9.11. The van der Waals surface area contributed by atoms with Gasteiger partial charge in [0.2, 0.25) is 0 Å². The number of amides is 1. The second-order valence-electron chi connectivity index (χ2n) is 3.95. The first-order valence-corrected chi connectivity index (χ1v) is 7.27. The van der Waals surface area contributed by atoms with E-state index in [0.29, 0.717) is 8.79 Å². The van der Waals surface area contributed by atoms with Crippen LogP contribution in [0.2, 0.25) is 0 Å². The Morgan fingerprint density at radius 3 is 2.95 bits per heavy atom. The minimum atomic E-state index is -0.126. The van der Waals surface area contributed by atoms with E-state index in [1.54, 1.807) is 13.3 Å². The molecule has 1 aromatic carbocycles. The van der Waals surface area contributed by atoms with Crippen LogP contribution in [0.3, 0.4) is 0 Å². The molecule has 0 bridgehead atoms. The summed E-state index contributed by atoms with van der Waals surface area (Å²) in [6, 6.07) is 7.55. The Bertz CT molecular complexity index is 586. The zero-order chi connectivity index (χ0) is 13.8. The van der Waals surface area contributed by atoms with Crippen molar-refractivity contribution in [3.05, 3.63) is 44.8 Å². The van der Waals surface area contributed by atoms with Gasteiger partial charge in [-0.2, -0.15) is 0 Å². The van der Waals surface area contributed by atoms with E-state index in [4.69, 9.17) is 4.74 Å². The maximum Gasteiger partial charge on any atom is 0.263 e. The number of hydrogen-bond donors (Lipinski definition) is 1. The molecule has 0 fully saturated rings. The Morgan fingerprint density at radius 1 is 1.53 bits per heavy atom. The lowest BCUT2D eigenvalue weighted by molar-refractivity contribution is 0.0943. The second kappa shape index (κ2) is 6.16. The monoisotopic (exact) mass is 340 g/mol. The predicted octanol–water partition coefficient (Wildman–Crippen LogP) is 3.41. The number of hydrogen-bond acceptors (Lipinski definition) is 4. The summed E-state index contributed by atoms with van der Waals surface area (Å²) in [6.07, 6.45) is 1.56. The Hall–Kier alpha value is -1.40. The van der Waals surface area contributed by atoms with E-state index in [1.807, 2.05) is 31.2 Å². The summed E-state index contributed by atoms with van der Waals surface area (Å²) < 4.78 is 5.87. The van der Waals surface area contributed by atoms with Crippen LogP contribution in [0.1, 0.15) is 28.2 Å². The van der Waals surface area contributed by atoms with Crippen molar-refractivity contribution >= 4 is 33.2 Å². The number of carbonyl (C=O) groups is 1. The SMILES string of the molecule is COc1cccc(C(C)NC(=O)c2cnc(Br)s2)c1. The minimum Gasteiger partial charge on any atom is -0.497 e. The van der Waals surface area contributed by atoms with Gasteiger partial charge >= 0.3 is 0 Å². The molecule has 1 heterocycles. The molecular formula is C13H13BrN2O2S. The molecule has 1 N–H and O–H groups in total. The van der Waals surface area contributed by atoms with Crippen LogP contribution in [0.4, 0.5) is 0 Å². The number of rotatable bonds is 4. The molecule has 0 aliphatic heterocycles. The van der Waals surface area contributed by atoms with Crippen molar-refractivity contribution in [2.45, 2.75) is 13.0 Å². The molecular weight excluding hydrogens is 328 g/mol. The number of carbonyl (C=O) groups excluding carboxylic acids is 1. The lowest BCUT2D eigenvalue weighted by Crippen LogP contribution is -2.25. The number of nitrogens with one attached hydrogen (secondary N) is 1. The molecule has 2 aromatic rings. The normalized spacial score (nSPS) is 11.9. The van der Waals surface area contributed by atoms with Crippen molar-refractivity contribution in [2.24, 2.45) is 0 Å². The molecule has 1 amide bonds. The van der Waals surface area contributed by atoms with Crippen molar-refractivity contribution in [2.75, 3.05) is 7.11 Å². The number of aromatic nitrogens is 1. The molecule has 1 aromatic heterocycles. The smallest absolute Gasteiger partial charge is 0.263 e. The van der Waals surface area contributed by atoms with Crippen molar-refractivity contribution in [1.29, 1.82) is 0 Å². The molecule has 1 unspecified atom stereocenters. The van der Waals surface area contributed by atoms with Crippen molar-refractivity contribution < 1.29 is 9.53 Å². The molecule has 0 aliphatic carbocycles. The lowest BCUT2D eigenvalue weighted by Gasteiger charge is -2.14. The number of nitrogens with zero attached hydrogens (tertiary/aromatic N) is 1. The average Bonchev–Trinajstić information content (AvgIpc) is 2.85. The van der Waals surface area contributed by atoms with Crippen LogP contribution in [0.15, 0.2) is 34.4 Å². The van der Waals surface area contributed by atoms with Gasteiger partial charge in [0.05, 0.1) is 19.3 Å². The maximum atomic E-state index is 12.0. The molecule has 4 nitrogen and oxygen atoms in total. The van der Waals surface area contributed by atoms with E-state index < -0.39 is 0 Å². The summed E-state index contributed by atoms with van der Waals surface area (Å²) in [7, 11) is 1.62.